The average Bonchev–Trinajstić information content (AvgIpc) is 2.72. The Labute approximate surface area is 179 Å². The lowest BCUT2D eigenvalue weighted by molar-refractivity contribution is -0.385. The van der Waals surface area contributed by atoms with Gasteiger partial charge in [-0.15, -0.1) is 0 Å². The average molecular weight is 453 g/mol. The smallest absolute Gasteiger partial charge is 0.346 e. The molecule has 1 heterocycles. The molecule has 0 fully saturated rings. The number of carbonyl (C=O) groups is 1. The lowest BCUT2D eigenvalue weighted by Gasteiger charge is -2.19. The first-order valence-corrected chi connectivity index (χ1v) is 11.2. The van der Waals surface area contributed by atoms with Gasteiger partial charge in [-0.05, 0) is 25.1 Å². The molecule has 0 spiro atoms. The van der Waals surface area contributed by atoms with Crippen molar-refractivity contribution in [1.29, 1.82) is 0 Å². The molecule has 168 valence electrons. The van der Waals surface area contributed by atoms with Crippen LogP contribution in [0.15, 0.2) is 36.4 Å². The summed E-state index contributed by atoms with van der Waals surface area (Å²) < 4.78 is 39.4. The topological polar surface area (TPSA) is 147 Å². The van der Waals surface area contributed by atoms with Crippen LogP contribution in [0.25, 0.3) is 0 Å². The van der Waals surface area contributed by atoms with E-state index in [2.05, 4.69) is 10.3 Å². The first-order valence-electron chi connectivity index (χ1n) is 9.15. The second-order valence-corrected chi connectivity index (χ2v) is 8.56. The highest BCUT2D eigenvalue weighted by atomic mass is 32.2. The maximum absolute atomic E-state index is 12.3. The van der Waals surface area contributed by atoms with Crippen molar-refractivity contribution in [3.05, 3.63) is 57.8 Å². The lowest BCUT2D eigenvalue weighted by atomic mass is 10.2. The predicted octanol–water partition coefficient (Wildman–Crippen LogP) is 1.89. The summed E-state index contributed by atoms with van der Waals surface area (Å²) in [6.07, 6.45) is 1.06. The van der Waals surface area contributed by atoms with Crippen molar-refractivity contribution in [3.63, 3.8) is 0 Å². The molecule has 1 aromatic carbocycles. The first-order chi connectivity index (χ1) is 14.7. The molecule has 1 unspecified atom stereocenters. The van der Waals surface area contributed by atoms with Gasteiger partial charge in [0.05, 0.1) is 36.1 Å². The largest absolute Gasteiger partial charge is 0.491 e. The molecule has 0 radical (unpaired) electrons. The minimum atomic E-state index is -3.44. The molecule has 12 heteroatoms. The van der Waals surface area contributed by atoms with Crippen molar-refractivity contribution < 1.29 is 32.3 Å². The molecule has 0 amide bonds. The summed E-state index contributed by atoms with van der Waals surface area (Å²) in [4.78, 5) is 27.0. The van der Waals surface area contributed by atoms with E-state index in [9.17, 15) is 23.3 Å². The second-order valence-electron chi connectivity index (χ2n) is 6.38. The number of ether oxygens (including phenoxy) is 3. The number of pyridine rings is 1. The number of para-hydroxylation sites is 1. The summed E-state index contributed by atoms with van der Waals surface area (Å²) in [5, 5.41) is 13.9. The van der Waals surface area contributed by atoms with E-state index >= 15 is 0 Å². The molecular weight excluding hydrogens is 430 g/mol. The van der Waals surface area contributed by atoms with Crippen molar-refractivity contribution in [2.75, 3.05) is 32.5 Å². The van der Waals surface area contributed by atoms with Crippen LogP contribution in [-0.2, 0) is 14.6 Å². The Hall–Kier alpha value is -3.25. The molecule has 0 aliphatic heterocycles. The molecule has 1 atom stereocenters. The number of hydrogen-bond donors (Lipinski definition) is 1. The fourth-order valence-electron chi connectivity index (χ4n) is 2.67. The van der Waals surface area contributed by atoms with Gasteiger partial charge < -0.3 is 14.2 Å². The SMILES string of the molecule is CCOc1nc(C(CS(C)(=O)=O)NCOC(=O)c2ccccc2[N+](=O)[O-])ccc1OC. The van der Waals surface area contributed by atoms with Gasteiger partial charge in [-0.25, -0.2) is 18.2 Å². The summed E-state index contributed by atoms with van der Waals surface area (Å²) >= 11 is 0. The monoisotopic (exact) mass is 453 g/mol. The fraction of sp³-hybridized carbons (Fsp3) is 0.368. The van der Waals surface area contributed by atoms with E-state index in [0.717, 1.165) is 6.26 Å². The summed E-state index contributed by atoms with van der Waals surface area (Å²) in [5.41, 5.74) is -0.273. The molecule has 0 saturated carbocycles. The highest BCUT2D eigenvalue weighted by Crippen LogP contribution is 2.27. The summed E-state index contributed by atoms with van der Waals surface area (Å²) in [7, 11) is -1.99. The zero-order valence-electron chi connectivity index (χ0n) is 17.2. The summed E-state index contributed by atoms with van der Waals surface area (Å²) in [6, 6.07) is 7.68. The zero-order chi connectivity index (χ0) is 23.0. The van der Waals surface area contributed by atoms with Gasteiger partial charge in [-0.1, -0.05) is 12.1 Å². The Bertz CT molecular complexity index is 1040. The fourth-order valence-corrected chi connectivity index (χ4v) is 3.57. The number of rotatable bonds is 11. The van der Waals surface area contributed by atoms with Crippen LogP contribution >= 0.6 is 0 Å². The Kier molecular flexibility index (Phi) is 8.28. The number of carbonyl (C=O) groups excluding carboxylic acids is 1. The second kappa shape index (κ2) is 10.7. The molecular formula is C19H23N3O8S. The van der Waals surface area contributed by atoms with Crippen LogP contribution < -0.4 is 14.8 Å². The number of esters is 1. The first kappa shape index (κ1) is 24.0. The Morgan fingerprint density at radius 3 is 2.58 bits per heavy atom. The van der Waals surface area contributed by atoms with Gasteiger partial charge in [0.15, 0.2) is 5.75 Å². The molecule has 11 nitrogen and oxygen atoms in total. The molecule has 0 aliphatic carbocycles. The van der Waals surface area contributed by atoms with Crippen LogP contribution in [-0.4, -0.2) is 56.8 Å². The number of nitro benzene ring substituents is 1. The normalized spacial score (nSPS) is 12.1. The third-order valence-electron chi connectivity index (χ3n) is 4.03. The maximum atomic E-state index is 12.3. The maximum Gasteiger partial charge on any atom is 0.346 e. The molecule has 0 aliphatic rings. The zero-order valence-corrected chi connectivity index (χ0v) is 18.0. The minimum Gasteiger partial charge on any atom is -0.491 e. The van der Waals surface area contributed by atoms with Gasteiger partial charge in [-0.3, -0.25) is 15.4 Å². The number of methoxy groups -OCH3 is 1. The molecule has 2 aromatic rings. The predicted molar refractivity (Wildman–Crippen MR) is 111 cm³/mol. The summed E-state index contributed by atoms with van der Waals surface area (Å²) in [6.45, 7) is 1.69. The van der Waals surface area contributed by atoms with Crippen molar-refractivity contribution >= 4 is 21.5 Å². The lowest BCUT2D eigenvalue weighted by Crippen LogP contribution is -2.31. The van der Waals surface area contributed by atoms with Crippen LogP contribution in [0.1, 0.15) is 29.0 Å². The van der Waals surface area contributed by atoms with Gasteiger partial charge in [0.25, 0.3) is 11.6 Å². The third-order valence-corrected chi connectivity index (χ3v) is 4.97. The number of sulfone groups is 1. The van der Waals surface area contributed by atoms with Crippen molar-refractivity contribution in [1.82, 2.24) is 10.3 Å². The highest BCUT2D eigenvalue weighted by molar-refractivity contribution is 7.90. The third kappa shape index (κ3) is 6.89. The van der Waals surface area contributed by atoms with E-state index in [1.165, 1.54) is 31.4 Å². The summed E-state index contributed by atoms with van der Waals surface area (Å²) in [5.74, 6) is -0.678. The van der Waals surface area contributed by atoms with Crippen LogP contribution in [0.2, 0.25) is 0 Å². The number of benzene rings is 1. The van der Waals surface area contributed by atoms with Crippen molar-refractivity contribution in [2.45, 2.75) is 13.0 Å². The number of hydrogen-bond acceptors (Lipinski definition) is 10. The molecule has 1 N–H and O–H groups in total. The molecule has 31 heavy (non-hydrogen) atoms. The van der Waals surface area contributed by atoms with Gasteiger partial charge >= 0.3 is 5.97 Å². The van der Waals surface area contributed by atoms with Crippen LogP contribution in [0, 0.1) is 10.1 Å². The molecule has 0 bridgehead atoms. The van der Waals surface area contributed by atoms with E-state index < -0.39 is 39.2 Å². The highest BCUT2D eigenvalue weighted by Gasteiger charge is 2.23. The Balaban J connectivity index is 2.18. The Morgan fingerprint density at radius 2 is 1.97 bits per heavy atom. The van der Waals surface area contributed by atoms with E-state index in [1.54, 1.807) is 19.1 Å². The van der Waals surface area contributed by atoms with Crippen LogP contribution in [0.4, 0.5) is 5.69 Å². The van der Waals surface area contributed by atoms with Gasteiger partial charge in [0.1, 0.15) is 22.1 Å². The van der Waals surface area contributed by atoms with Crippen molar-refractivity contribution in [3.8, 4) is 11.6 Å². The minimum absolute atomic E-state index is 0.194. The number of nitrogens with one attached hydrogen (secondary N) is 1. The van der Waals surface area contributed by atoms with Crippen molar-refractivity contribution in [2.24, 2.45) is 0 Å². The number of aromatic nitrogens is 1. The number of nitrogens with zero attached hydrogens (tertiary/aromatic N) is 2. The van der Waals surface area contributed by atoms with Crippen LogP contribution in [0.5, 0.6) is 11.6 Å². The van der Waals surface area contributed by atoms with E-state index in [-0.39, 0.29) is 17.2 Å². The molecule has 0 saturated heterocycles. The van der Waals surface area contributed by atoms with Gasteiger partial charge in [0.2, 0.25) is 0 Å². The van der Waals surface area contributed by atoms with Crippen LogP contribution in [0.3, 0.4) is 0 Å². The molecule has 1 aromatic heterocycles. The van der Waals surface area contributed by atoms with E-state index in [0.29, 0.717) is 18.1 Å². The van der Waals surface area contributed by atoms with Gasteiger partial charge in [0, 0.05) is 12.3 Å². The Morgan fingerprint density at radius 1 is 1.26 bits per heavy atom. The molecule has 2 rings (SSSR count). The number of nitro groups is 1. The standard InChI is InChI=1S/C19H23N3O8S/c1-4-29-18-17(28-2)10-9-14(21-18)15(11-31(3,26)27)20-12-30-19(23)13-7-5-6-8-16(13)22(24)25/h5-10,15,20H,4,11-12H2,1-3H3. The van der Waals surface area contributed by atoms with Gasteiger partial charge in [-0.2, -0.15) is 0 Å². The van der Waals surface area contributed by atoms with E-state index in [1.807, 2.05) is 0 Å². The quantitative estimate of drug-likeness (QED) is 0.231. The van der Waals surface area contributed by atoms with E-state index in [4.69, 9.17) is 14.2 Å².